The molecule has 12 heteroatoms. The monoisotopic (exact) mass is 508 g/mol. The van der Waals surface area contributed by atoms with Crippen LogP contribution in [0.1, 0.15) is 10.4 Å². The van der Waals surface area contributed by atoms with Crippen molar-refractivity contribution in [2.24, 2.45) is 7.05 Å². The summed E-state index contributed by atoms with van der Waals surface area (Å²) in [5, 5.41) is 5.60. The van der Waals surface area contributed by atoms with E-state index in [4.69, 9.17) is 23.2 Å². The van der Waals surface area contributed by atoms with Crippen molar-refractivity contribution >= 4 is 50.0 Å². The number of carbonyl (C=O) groups excluding carboxylic acids is 1. The smallest absolute Gasteiger partial charge is 0.267 e. The Hall–Kier alpha value is -3.21. The first kappa shape index (κ1) is 23.0. The molecule has 0 saturated heterocycles. The molecule has 4 rings (SSSR count). The Labute approximate surface area is 197 Å². The lowest BCUT2D eigenvalue weighted by atomic mass is 10.1. The summed E-state index contributed by atoms with van der Waals surface area (Å²) >= 11 is 12.5. The molecule has 8 nitrogen and oxygen atoms in total. The van der Waals surface area contributed by atoms with Crippen molar-refractivity contribution in [1.82, 2.24) is 19.1 Å². The molecule has 0 aliphatic heterocycles. The van der Waals surface area contributed by atoms with Gasteiger partial charge in [-0.05, 0) is 30.3 Å². The highest BCUT2D eigenvalue weighted by Crippen LogP contribution is 2.34. The summed E-state index contributed by atoms with van der Waals surface area (Å²) in [6.07, 6.45) is 2.39. The zero-order valence-corrected chi connectivity index (χ0v) is 19.5. The van der Waals surface area contributed by atoms with Crippen LogP contribution in [0.2, 0.25) is 10.0 Å². The second-order valence-corrected chi connectivity index (χ2v) is 9.87. The van der Waals surface area contributed by atoms with Crippen LogP contribution in [-0.2, 0) is 17.1 Å². The number of aryl methyl sites for hydroxylation is 1. The zero-order valence-electron chi connectivity index (χ0n) is 17.1. The largest absolute Gasteiger partial charge is 0.318 e. The van der Waals surface area contributed by atoms with Crippen molar-refractivity contribution in [3.05, 3.63) is 80.4 Å². The van der Waals surface area contributed by atoms with Crippen LogP contribution in [0.3, 0.4) is 0 Å². The molecular weight excluding hydrogens is 494 g/mol. The summed E-state index contributed by atoms with van der Waals surface area (Å²) in [6.45, 7) is 0. The SMILES string of the molecule is Cn1cc(-c2nn(-c3cc(F)c(C(=O)NS(C)(=O)=O)cc3Cl)c3ccc(Cl)cc23)ccc1=O. The number of hydrogen-bond acceptors (Lipinski definition) is 5. The number of rotatable bonds is 4. The topological polar surface area (TPSA) is 103 Å². The Morgan fingerprint density at radius 3 is 2.52 bits per heavy atom. The molecule has 2 aromatic carbocycles. The minimum absolute atomic E-state index is 0.0404. The summed E-state index contributed by atoms with van der Waals surface area (Å²) < 4.78 is 41.9. The van der Waals surface area contributed by atoms with Gasteiger partial charge in [0.2, 0.25) is 15.6 Å². The number of fused-ring (bicyclic) bond motifs is 1. The number of aromatic nitrogens is 3. The van der Waals surface area contributed by atoms with E-state index in [-0.39, 0.29) is 16.3 Å². The molecule has 33 heavy (non-hydrogen) atoms. The van der Waals surface area contributed by atoms with Crippen LogP contribution >= 0.6 is 23.2 Å². The fraction of sp³-hybridized carbons (Fsp3) is 0.0952. The molecule has 170 valence electrons. The second-order valence-electron chi connectivity index (χ2n) is 7.28. The van der Waals surface area contributed by atoms with Gasteiger partial charge in [0.15, 0.2) is 0 Å². The molecule has 0 spiro atoms. The Morgan fingerprint density at radius 1 is 1.12 bits per heavy atom. The third kappa shape index (κ3) is 4.50. The van der Waals surface area contributed by atoms with E-state index in [1.807, 2.05) is 0 Å². The van der Waals surface area contributed by atoms with E-state index in [0.717, 1.165) is 18.4 Å². The van der Waals surface area contributed by atoms with E-state index in [0.29, 0.717) is 27.2 Å². The summed E-state index contributed by atoms with van der Waals surface area (Å²) in [5.41, 5.74) is 1.01. The van der Waals surface area contributed by atoms with Crippen LogP contribution in [0.15, 0.2) is 53.5 Å². The molecule has 0 radical (unpaired) electrons. The number of sulfonamides is 1. The summed E-state index contributed by atoms with van der Waals surface area (Å²) in [5.74, 6) is -2.14. The van der Waals surface area contributed by atoms with Gasteiger partial charge in [0, 0.05) is 41.3 Å². The van der Waals surface area contributed by atoms with Crippen LogP contribution in [0.25, 0.3) is 27.8 Å². The fourth-order valence-corrected chi connectivity index (χ4v) is 4.18. The Bertz CT molecular complexity index is 1610. The molecule has 0 atom stereocenters. The third-order valence-corrected chi connectivity index (χ3v) is 5.88. The zero-order chi connectivity index (χ0) is 24.1. The average molecular weight is 509 g/mol. The van der Waals surface area contributed by atoms with Crippen LogP contribution in [0.5, 0.6) is 0 Å². The summed E-state index contributed by atoms with van der Waals surface area (Å²) in [6, 6.07) is 10.0. The molecule has 0 unspecified atom stereocenters. The van der Waals surface area contributed by atoms with Gasteiger partial charge in [-0.2, -0.15) is 5.10 Å². The predicted octanol–water partition coefficient (Wildman–Crippen LogP) is 3.53. The van der Waals surface area contributed by atoms with Crippen LogP contribution < -0.4 is 10.3 Å². The van der Waals surface area contributed by atoms with Gasteiger partial charge in [0.05, 0.1) is 28.0 Å². The molecule has 0 saturated carbocycles. The standard InChI is InChI=1S/C21H15Cl2FN4O4S/c1-27-10-11(3-6-19(27)29)20-14-7-12(22)4-5-17(14)28(25-20)18-9-16(24)13(8-15(18)23)21(30)26-33(2,31)32/h3-10H,1-2H3,(H,26,30). The lowest BCUT2D eigenvalue weighted by Crippen LogP contribution is -2.30. The first-order valence-corrected chi connectivity index (χ1v) is 12.0. The van der Waals surface area contributed by atoms with E-state index >= 15 is 0 Å². The van der Waals surface area contributed by atoms with Gasteiger partial charge in [0.1, 0.15) is 11.5 Å². The molecule has 2 heterocycles. The highest BCUT2D eigenvalue weighted by Gasteiger charge is 2.21. The molecule has 1 amide bonds. The third-order valence-electron chi connectivity index (χ3n) is 4.79. The number of nitrogens with one attached hydrogen (secondary N) is 1. The maximum Gasteiger partial charge on any atom is 0.267 e. The van der Waals surface area contributed by atoms with E-state index < -0.39 is 27.3 Å². The number of amides is 1. The van der Waals surface area contributed by atoms with Crippen LogP contribution in [0.4, 0.5) is 4.39 Å². The van der Waals surface area contributed by atoms with Gasteiger partial charge < -0.3 is 4.57 Å². The summed E-state index contributed by atoms with van der Waals surface area (Å²) in [4.78, 5) is 23.9. The molecule has 0 bridgehead atoms. The molecule has 1 N–H and O–H groups in total. The van der Waals surface area contributed by atoms with E-state index in [9.17, 15) is 22.4 Å². The molecule has 0 aliphatic rings. The van der Waals surface area contributed by atoms with Gasteiger partial charge in [0.25, 0.3) is 5.91 Å². The second kappa shape index (κ2) is 8.29. The molecular formula is C21H15Cl2FN4O4S. The van der Waals surface area contributed by atoms with Gasteiger partial charge >= 0.3 is 0 Å². The van der Waals surface area contributed by atoms with Crippen molar-refractivity contribution in [1.29, 1.82) is 0 Å². The maximum atomic E-state index is 14.8. The number of hydrogen-bond donors (Lipinski definition) is 1. The van der Waals surface area contributed by atoms with Gasteiger partial charge in [-0.25, -0.2) is 22.2 Å². The summed E-state index contributed by atoms with van der Waals surface area (Å²) in [7, 11) is -2.29. The Kier molecular flexibility index (Phi) is 5.77. The predicted molar refractivity (Wildman–Crippen MR) is 124 cm³/mol. The lowest BCUT2D eigenvalue weighted by Gasteiger charge is -2.10. The lowest BCUT2D eigenvalue weighted by molar-refractivity contribution is 0.0978. The highest BCUT2D eigenvalue weighted by molar-refractivity contribution is 7.89. The Balaban J connectivity index is 1.92. The van der Waals surface area contributed by atoms with E-state index in [1.54, 1.807) is 42.2 Å². The first-order valence-electron chi connectivity index (χ1n) is 9.31. The maximum absolute atomic E-state index is 14.8. The van der Waals surface area contributed by atoms with E-state index in [2.05, 4.69) is 5.10 Å². The average Bonchev–Trinajstić information content (AvgIpc) is 3.08. The fourth-order valence-electron chi connectivity index (χ4n) is 3.32. The first-order chi connectivity index (χ1) is 15.4. The number of nitrogens with zero attached hydrogens (tertiary/aromatic N) is 3. The van der Waals surface area contributed by atoms with Gasteiger partial charge in [-0.3, -0.25) is 9.59 Å². The van der Waals surface area contributed by atoms with Crippen molar-refractivity contribution in [3.63, 3.8) is 0 Å². The number of pyridine rings is 1. The molecule has 0 aliphatic carbocycles. The van der Waals surface area contributed by atoms with Crippen molar-refractivity contribution in [3.8, 4) is 16.9 Å². The van der Waals surface area contributed by atoms with Gasteiger partial charge in [-0.15, -0.1) is 0 Å². The normalized spacial score (nSPS) is 11.7. The number of halogens is 3. The number of carbonyl (C=O) groups is 1. The quantitative estimate of drug-likeness (QED) is 0.454. The van der Waals surface area contributed by atoms with Crippen molar-refractivity contribution in [2.45, 2.75) is 0 Å². The molecule has 2 aromatic heterocycles. The van der Waals surface area contributed by atoms with E-state index in [1.165, 1.54) is 15.3 Å². The van der Waals surface area contributed by atoms with Crippen LogP contribution in [-0.4, -0.2) is 34.9 Å². The minimum Gasteiger partial charge on any atom is -0.318 e. The van der Waals surface area contributed by atoms with Gasteiger partial charge in [-0.1, -0.05) is 23.2 Å². The van der Waals surface area contributed by atoms with Crippen LogP contribution in [0, 0.1) is 5.82 Å². The highest BCUT2D eigenvalue weighted by atomic mass is 35.5. The minimum atomic E-state index is -3.89. The van der Waals surface area contributed by atoms with Crippen molar-refractivity contribution in [2.75, 3.05) is 6.26 Å². The van der Waals surface area contributed by atoms with Crippen molar-refractivity contribution < 1.29 is 17.6 Å². The molecule has 4 aromatic rings. The molecule has 0 fully saturated rings. The number of benzene rings is 2. The Morgan fingerprint density at radius 2 is 1.85 bits per heavy atom.